The Hall–Kier alpha value is -1.37. The average Bonchev–Trinajstić information content (AvgIpc) is 2.52. The van der Waals surface area contributed by atoms with Crippen molar-refractivity contribution < 1.29 is 13.2 Å². The number of carbonyl (C=O) groups is 1. The molecule has 0 bridgehead atoms. The van der Waals surface area contributed by atoms with E-state index < -0.39 is 9.84 Å². The zero-order valence-corrected chi connectivity index (χ0v) is 11.0. The lowest BCUT2D eigenvalue weighted by atomic mass is 10.2. The van der Waals surface area contributed by atoms with Crippen molar-refractivity contribution in [3.05, 3.63) is 17.0 Å². The largest absolute Gasteiger partial charge is 0.352 e. The van der Waals surface area contributed by atoms with Crippen LogP contribution in [-0.2, 0) is 9.84 Å². The maximum absolute atomic E-state index is 11.8. The van der Waals surface area contributed by atoms with Crippen LogP contribution in [0.4, 0.5) is 0 Å². The van der Waals surface area contributed by atoms with Gasteiger partial charge < -0.3 is 5.32 Å². The third kappa shape index (κ3) is 4.18. The molecule has 0 aliphatic carbocycles. The number of nitrogens with zero attached hydrogens (tertiary/aromatic N) is 1. The summed E-state index contributed by atoms with van der Waals surface area (Å²) in [5.74, 6) is -0.140. The zero-order valence-electron chi connectivity index (χ0n) is 10.2. The van der Waals surface area contributed by atoms with Crippen LogP contribution in [0.2, 0.25) is 0 Å². The van der Waals surface area contributed by atoms with E-state index in [2.05, 4.69) is 15.5 Å². The Morgan fingerprint density at radius 1 is 1.41 bits per heavy atom. The normalized spacial score (nSPS) is 11.5. The topological polar surface area (TPSA) is 91.9 Å². The van der Waals surface area contributed by atoms with E-state index in [1.807, 2.05) is 0 Å². The summed E-state index contributed by atoms with van der Waals surface area (Å²) in [4.78, 5) is 11.8. The van der Waals surface area contributed by atoms with E-state index in [-0.39, 0.29) is 11.7 Å². The molecule has 1 aromatic rings. The molecule has 0 radical (unpaired) electrons. The molecule has 2 N–H and O–H groups in total. The minimum atomic E-state index is -2.96. The van der Waals surface area contributed by atoms with Gasteiger partial charge >= 0.3 is 0 Å². The molecule has 0 saturated heterocycles. The number of H-pyrrole nitrogens is 1. The molecule has 0 atom stereocenters. The number of hydrogen-bond donors (Lipinski definition) is 2. The number of amides is 1. The van der Waals surface area contributed by atoms with Crippen molar-refractivity contribution in [2.24, 2.45) is 0 Å². The molecule has 17 heavy (non-hydrogen) atoms. The Bertz CT molecular complexity index is 485. The second-order valence-corrected chi connectivity index (χ2v) is 6.31. The summed E-state index contributed by atoms with van der Waals surface area (Å²) in [7, 11) is -2.96. The number of aryl methyl sites for hydroxylation is 2. The summed E-state index contributed by atoms with van der Waals surface area (Å²) in [5, 5.41) is 9.32. The van der Waals surface area contributed by atoms with Crippen molar-refractivity contribution in [1.82, 2.24) is 15.5 Å². The molecule has 7 heteroatoms. The third-order valence-electron chi connectivity index (χ3n) is 2.33. The highest BCUT2D eigenvalue weighted by molar-refractivity contribution is 7.90. The van der Waals surface area contributed by atoms with Gasteiger partial charge in [0.25, 0.3) is 5.91 Å². The lowest BCUT2D eigenvalue weighted by Gasteiger charge is -2.04. The number of sulfone groups is 1. The van der Waals surface area contributed by atoms with Gasteiger partial charge in [0.2, 0.25) is 0 Å². The molecule has 1 heterocycles. The highest BCUT2D eigenvalue weighted by atomic mass is 32.2. The molecule has 0 aromatic carbocycles. The number of aromatic amines is 1. The van der Waals surface area contributed by atoms with Crippen LogP contribution < -0.4 is 5.32 Å². The first kappa shape index (κ1) is 13.7. The minimum Gasteiger partial charge on any atom is -0.352 e. The van der Waals surface area contributed by atoms with E-state index >= 15 is 0 Å². The van der Waals surface area contributed by atoms with Gasteiger partial charge in [0.1, 0.15) is 9.84 Å². The summed E-state index contributed by atoms with van der Waals surface area (Å²) < 4.78 is 21.8. The monoisotopic (exact) mass is 259 g/mol. The molecule has 1 amide bonds. The van der Waals surface area contributed by atoms with Crippen LogP contribution in [-0.4, -0.2) is 43.1 Å². The van der Waals surface area contributed by atoms with Crippen LogP contribution in [0.5, 0.6) is 0 Å². The van der Waals surface area contributed by atoms with Crippen LogP contribution in [0.25, 0.3) is 0 Å². The number of carbonyl (C=O) groups excluding carboxylic acids is 1. The van der Waals surface area contributed by atoms with E-state index in [0.717, 1.165) is 0 Å². The molecular weight excluding hydrogens is 242 g/mol. The maximum atomic E-state index is 11.8. The molecule has 6 nitrogen and oxygen atoms in total. The highest BCUT2D eigenvalue weighted by Gasteiger charge is 2.14. The van der Waals surface area contributed by atoms with Gasteiger partial charge in [-0.1, -0.05) is 0 Å². The van der Waals surface area contributed by atoms with Gasteiger partial charge in [-0.25, -0.2) is 8.42 Å². The number of aromatic nitrogens is 2. The molecule has 0 spiro atoms. The van der Waals surface area contributed by atoms with E-state index in [9.17, 15) is 13.2 Å². The van der Waals surface area contributed by atoms with Crippen molar-refractivity contribution >= 4 is 15.7 Å². The second kappa shape index (κ2) is 5.31. The summed E-state index contributed by atoms with van der Waals surface area (Å²) in [5.41, 5.74) is 1.88. The fourth-order valence-electron chi connectivity index (χ4n) is 1.51. The minimum absolute atomic E-state index is 0.0800. The van der Waals surface area contributed by atoms with Crippen molar-refractivity contribution in [2.45, 2.75) is 20.3 Å². The van der Waals surface area contributed by atoms with Gasteiger partial charge in [-0.3, -0.25) is 9.89 Å². The number of rotatable bonds is 5. The van der Waals surface area contributed by atoms with Crippen molar-refractivity contribution in [3.63, 3.8) is 0 Å². The van der Waals surface area contributed by atoms with Crippen molar-refractivity contribution in [1.29, 1.82) is 0 Å². The van der Waals surface area contributed by atoms with Gasteiger partial charge in [-0.05, 0) is 20.3 Å². The first-order chi connectivity index (χ1) is 7.81. The molecule has 0 aliphatic heterocycles. The molecule has 0 aliphatic rings. The van der Waals surface area contributed by atoms with Crippen molar-refractivity contribution in [3.8, 4) is 0 Å². The molecule has 0 unspecified atom stereocenters. The smallest absolute Gasteiger partial charge is 0.255 e. The zero-order chi connectivity index (χ0) is 13.1. The van der Waals surface area contributed by atoms with E-state index in [4.69, 9.17) is 0 Å². The number of nitrogens with one attached hydrogen (secondary N) is 2. The van der Waals surface area contributed by atoms with Gasteiger partial charge in [-0.15, -0.1) is 0 Å². The Labute approximate surface area is 101 Å². The van der Waals surface area contributed by atoms with Crippen molar-refractivity contribution in [2.75, 3.05) is 18.6 Å². The van der Waals surface area contributed by atoms with Gasteiger partial charge in [0.05, 0.1) is 17.0 Å². The lowest BCUT2D eigenvalue weighted by molar-refractivity contribution is 0.0952. The standard InChI is InChI=1S/C10H17N3O3S/c1-7-9(8(2)13-12-7)10(14)11-5-4-6-17(3,15)16/h4-6H2,1-3H3,(H,11,14)(H,12,13). The second-order valence-electron chi connectivity index (χ2n) is 4.05. The quantitative estimate of drug-likeness (QED) is 0.738. The number of hydrogen-bond acceptors (Lipinski definition) is 4. The summed E-state index contributed by atoms with van der Waals surface area (Å²) >= 11 is 0. The Balaban J connectivity index is 2.46. The fraction of sp³-hybridized carbons (Fsp3) is 0.600. The predicted molar refractivity (Wildman–Crippen MR) is 64.7 cm³/mol. The summed E-state index contributed by atoms with van der Waals surface area (Å²) in [6.07, 6.45) is 1.60. The Morgan fingerprint density at radius 2 is 2.06 bits per heavy atom. The van der Waals surface area contributed by atoms with E-state index in [1.54, 1.807) is 13.8 Å². The first-order valence-electron chi connectivity index (χ1n) is 5.29. The first-order valence-corrected chi connectivity index (χ1v) is 7.35. The van der Waals surface area contributed by atoms with Crippen LogP contribution in [0.15, 0.2) is 0 Å². The lowest BCUT2D eigenvalue weighted by Crippen LogP contribution is -2.26. The predicted octanol–water partition coefficient (Wildman–Crippen LogP) is 0.191. The maximum Gasteiger partial charge on any atom is 0.255 e. The molecule has 0 saturated carbocycles. The third-order valence-corrected chi connectivity index (χ3v) is 3.36. The fourth-order valence-corrected chi connectivity index (χ4v) is 2.18. The highest BCUT2D eigenvalue weighted by Crippen LogP contribution is 2.08. The Morgan fingerprint density at radius 3 is 2.53 bits per heavy atom. The van der Waals surface area contributed by atoms with Crippen LogP contribution >= 0.6 is 0 Å². The van der Waals surface area contributed by atoms with E-state index in [1.165, 1.54) is 6.26 Å². The average molecular weight is 259 g/mol. The van der Waals surface area contributed by atoms with Gasteiger partial charge in [0, 0.05) is 18.5 Å². The molecule has 96 valence electrons. The summed E-state index contributed by atoms with van der Waals surface area (Å²) in [6.45, 7) is 3.86. The summed E-state index contributed by atoms with van der Waals surface area (Å²) in [6, 6.07) is 0. The molecular formula is C10H17N3O3S. The Kier molecular flexibility index (Phi) is 4.28. The van der Waals surface area contributed by atoms with Gasteiger partial charge in [-0.2, -0.15) is 5.10 Å². The van der Waals surface area contributed by atoms with Gasteiger partial charge in [0.15, 0.2) is 0 Å². The van der Waals surface area contributed by atoms with Crippen LogP contribution in [0.1, 0.15) is 28.2 Å². The molecule has 1 aromatic heterocycles. The molecule has 0 fully saturated rings. The molecule has 1 rings (SSSR count). The van der Waals surface area contributed by atoms with Crippen LogP contribution in [0.3, 0.4) is 0 Å². The van der Waals surface area contributed by atoms with Crippen LogP contribution in [0, 0.1) is 13.8 Å². The van der Waals surface area contributed by atoms with E-state index in [0.29, 0.717) is 29.9 Å². The SMILES string of the molecule is Cc1n[nH]c(C)c1C(=O)NCCCS(C)(=O)=O.